The summed E-state index contributed by atoms with van der Waals surface area (Å²) in [4.78, 5) is 32.9. The van der Waals surface area contributed by atoms with E-state index >= 15 is 0 Å². The van der Waals surface area contributed by atoms with Gasteiger partial charge in [0.1, 0.15) is 11.2 Å². The van der Waals surface area contributed by atoms with Gasteiger partial charge in [0.2, 0.25) is 5.91 Å². The van der Waals surface area contributed by atoms with E-state index in [1.54, 1.807) is 36.0 Å². The SMILES string of the molecule is COc1cccc([C@@H]2N(C(=O)c3nccn3C)CC[C@]23C(=O)Nc2ccccc23)c1. The minimum Gasteiger partial charge on any atom is -0.497 e. The number of aromatic nitrogens is 2. The van der Waals surface area contributed by atoms with Crippen LogP contribution in [0.2, 0.25) is 0 Å². The zero-order chi connectivity index (χ0) is 20.9. The lowest BCUT2D eigenvalue weighted by Crippen LogP contribution is -2.43. The number of rotatable bonds is 3. The van der Waals surface area contributed by atoms with Crippen LogP contribution in [-0.2, 0) is 17.3 Å². The van der Waals surface area contributed by atoms with E-state index in [1.807, 2.05) is 48.5 Å². The summed E-state index contributed by atoms with van der Waals surface area (Å²) in [6.45, 7) is 0.454. The molecule has 5 rings (SSSR count). The van der Waals surface area contributed by atoms with E-state index in [2.05, 4.69) is 10.3 Å². The molecule has 2 aliphatic heterocycles. The molecule has 152 valence electrons. The molecule has 3 aromatic rings. The van der Waals surface area contributed by atoms with Gasteiger partial charge in [0.15, 0.2) is 5.82 Å². The molecule has 7 heteroatoms. The van der Waals surface area contributed by atoms with Gasteiger partial charge < -0.3 is 19.5 Å². The Kier molecular flexibility index (Phi) is 4.13. The lowest BCUT2D eigenvalue weighted by Gasteiger charge is -2.34. The number of hydrogen-bond donors (Lipinski definition) is 1. The highest BCUT2D eigenvalue weighted by Crippen LogP contribution is 2.55. The monoisotopic (exact) mass is 402 g/mol. The van der Waals surface area contributed by atoms with E-state index in [4.69, 9.17) is 4.74 Å². The summed E-state index contributed by atoms with van der Waals surface area (Å²) in [7, 11) is 3.40. The van der Waals surface area contributed by atoms with Crippen molar-refractivity contribution >= 4 is 17.5 Å². The predicted molar refractivity (Wildman–Crippen MR) is 111 cm³/mol. The minimum absolute atomic E-state index is 0.0772. The summed E-state index contributed by atoms with van der Waals surface area (Å²) in [5.74, 6) is 0.772. The molecule has 1 N–H and O–H groups in total. The number of aryl methyl sites for hydroxylation is 1. The highest BCUT2D eigenvalue weighted by Gasteiger charge is 2.59. The molecule has 2 aromatic carbocycles. The summed E-state index contributed by atoms with van der Waals surface area (Å²) >= 11 is 0. The Labute approximate surface area is 174 Å². The van der Waals surface area contributed by atoms with Gasteiger partial charge in [0.25, 0.3) is 5.91 Å². The third-order valence-corrected chi connectivity index (χ3v) is 6.27. The zero-order valence-corrected chi connectivity index (χ0v) is 16.8. The quantitative estimate of drug-likeness (QED) is 0.731. The molecule has 0 aliphatic carbocycles. The van der Waals surface area contributed by atoms with Gasteiger partial charge in [-0.15, -0.1) is 0 Å². The molecule has 0 saturated carbocycles. The van der Waals surface area contributed by atoms with Crippen LogP contribution in [0, 0.1) is 0 Å². The zero-order valence-electron chi connectivity index (χ0n) is 16.8. The minimum atomic E-state index is -0.857. The number of imidazole rings is 1. The summed E-state index contributed by atoms with van der Waals surface area (Å²) in [6, 6.07) is 14.9. The number of fused-ring (bicyclic) bond motifs is 2. The maximum absolute atomic E-state index is 13.5. The van der Waals surface area contributed by atoms with Crippen molar-refractivity contribution in [3.63, 3.8) is 0 Å². The van der Waals surface area contributed by atoms with E-state index in [1.165, 1.54) is 0 Å². The van der Waals surface area contributed by atoms with E-state index in [0.29, 0.717) is 24.5 Å². The first-order valence-electron chi connectivity index (χ1n) is 9.89. The van der Waals surface area contributed by atoms with Crippen molar-refractivity contribution in [2.45, 2.75) is 17.9 Å². The second kappa shape index (κ2) is 6.73. The topological polar surface area (TPSA) is 76.5 Å². The average molecular weight is 402 g/mol. The number of ether oxygens (including phenoxy) is 1. The number of amides is 2. The highest BCUT2D eigenvalue weighted by molar-refractivity contribution is 6.08. The first-order chi connectivity index (χ1) is 14.6. The van der Waals surface area contributed by atoms with Gasteiger partial charge in [-0.05, 0) is 35.7 Å². The van der Waals surface area contributed by atoms with E-state index in [0.717, 1.165) is 16.8 Å². The normalized spacial score (nSPS) is 22.3. The molecule has 7 nitrogen and oxygen atoms in total. The van der Waals surface area contributed by atoms with Gasteiger partial charge in [0, 0.05) is 31.7 Å². The van der Waals surface area contributed by atoms with Gasteiger partial charge in [-0.25, -0.2) is 4.98 Å². The predicted octanol–water partition coefficient (Wildman–Crippen LogP) is 2.91. The summed E-state index contributed by atoms with van der Waals surface area (Å²) in [5, 5.41) is 3.04. The maximum Gasteiger partial charge on any atom is 0.290 e. The van der Waals surface area contributed by atoms with E-state index in [-0.39, 0.29) is 11.8 Å². The summed E-state index contributed by atoms with van der Waals surface area (Å²) < 4.78 is 7.14. The number of para-hydroxylation sites is 1. The fourth-order valence-electron chi connectivity index (χ4n) is 4.88. The number of carbonyl (C=O) groups is 2. The van der Waals surface area contributed by atoms with Crippen molar-refractivity contribution in [2.75, 3.05) is 19.0 Å². The van der Waals surface area contributed by atoms with Gasteiger partial charge in [-0.2, -0.15) is 0 Å². The third-order valence-electron chi connectivity index (χ3n) is 6.27. The molecular formula is C23H22N4O3. The molecule has 1 aromatic heterocycles. The molecule has 3 heterocycles. The second-order valence-electron chi connectivity index (χ2n) is 7.76. The van der Waals surface area contributed by atoms with Crippen LogP contribution in [-0.4, -0.2) is 39.9 Å². The van der Waals surface area contributed by atoms with Crippen molar-refractivity contribution in [3.05, 3.63) is 77.9 Å². The van der Waals surface area contributed by atoms with E-state index < -0.39 is 11.5 Å². The largest absolute Gasteiger partial charge is 0.497 e. The van der Waals surface area contributed by atoms with Crippen LogP contribution in [0.5, 0.6) is 5.75 Å². The van der Waals surface area contributed by atoms with Crippen LogP contribution in [0.25, 0.3) is 0 Å². The lowest BCUT2D eigenvalue weighted by atomic mass is 9.72. The Morgan fingerprint density at radius 3 is 2.83 bits per heavy atom. The Morgan fingerprint density at radius 2 is 2.07 bits per heavy atom. The van der Waals surface area contributed by atoms with Crippen LogP contribution in [0.1, 0.15) is 34.2 Å². The number of nitrogens with one attached hydrogen (secondary N) is 1. The molecule has 1 saturated heterocycles. The third kappa shape index (κ3) is 2.48. The fourth-order valence-corrected chi connectivity index (χ4v) is 4.88. The number of hydrogen-bond acceptors (Lipinski definition) is 4. The first kappa shape index (κ1) is 18.4. The van der Waals surface area contributed by atoms with Gasteiger partial charge in [-0.1, -0.05) is 30.3 Å². The maximum atomic E-state index is 13.5. The number of carbonyl (C=O) groups excluding carboxylic acids is 2. The molecular weight excluding hydrogens is 380 g/mol. The van der Waals surface area contributed by atoms with Crippen LogP contribution < -0.4 is 10.1 Å². The van der Waals surface area contributed by atoms with Gasteiger partial charge in [-0.3, -0.25) is 9.59 Å². The lowest BCUT2D eigenvalue weighted by molar-refractivity contribution is -0.121. The van der Waals surface area contributed by atoms with Crippen LogP contribution in [0.15, 0.2) is 60.9 Å². The standard InChI is InChI=1S/C23H22N4O3/c1-26-13-11-24-20(26)21(28)27-12-10-23(17-8-3-4-9-18(17)25-22(23)29)19(27)15-6-5-7-16(14-15)30-2/h3-9,11,13-14,19H,10,12H2,1-2H3,(H,25,29)/t19-,23+/m0/s1. The molecule has 0 unspecified atom stereocenters. The van der Waals surface area contributed by atoms with Crippen molar-refractivity contribution in [2.24, 2.45) is 7.05 Å². The Bertz CT molecular complexity index is 1150. The molecule has 2 atom stereocenters. The van der Waals surface area contributed by atoms with Crippen LogP contribution in [0.3, 0.4) is 0 Å². The number of anilines is 1. The van der Waals surface area contributed by atoms with Crippen molar-refractivity contribution in [1.82, 2.24) is 14.5 Å². The average Bonchev–Trinajstić information content (AvgIpc) is 3.45. The molecule has 2 amide bonds. The second-order valence-corrected chi connectivity index (χ2v) is 7.76. The Hall–Kier alpha value is -3.61. The number of benzene rings is 2. The smallest absolute Gasteiger partial charge is 0.290 e. The van der Waals surface area contributed by atoms with Crippen molar-refractivity contribution in [1.29, 1.82) is 0 Å². The molecule has 1 fully saturated rings. The van der Waals surface area contributed by atoms with Gasteiger partial charge in [0.05, 0.1) is 13.2 Å². The molecule has 0 bridgehead atoms. The van der Waals surface area contributed by atoms with Crippen molar-refractivity contribution in [3.8, 4) is 5.75 Å². The summed E-state index contributed by atoms with van der Waals surface area (Å²) in [5.41, 5.74) is 1.74. The van der Waals surface area contributed by atoms with Crippen molar-refractivity contribution < 1.29 is 14.3 Å². The summed E-state index contributed by atoms with van der Waals surface area (Å²) in [6.07, 6.45) is 3.89. The van der Waals surface area contributed by atoms with E-state index in [9.17, 15) is 9.59 Å². The van der Waals surface area contributed by atoms with Gasteiger partial charge >= 0.3 is 0 Å². The molecule has 0 radical (unpaired) electrons. The molecule has 1 spiro atoms. The Balaban J connectivity index is 1.70. The fraction of sp³-hybridized carbons (Fsp3) is 0.261. The Morgan fingerprint density at radius 1 is 1.23 bits per heavy atom. The highest BCUT2D eigenvalue weighted by atomic mass is 16.5. The number of nitrogens with zero attached hydrogens (tertiary/aromatic N) is 3. The molecule has 30 heavy (non-hydrogen) atoms. The van der Waals surface area contributed by atoms with Crippen LogP contribution >= 0.6 is 0 Å². The number of methoxy groups -OCH3 is 1. The van der Waals surface area contributed by atoms with Crippen LogP contribution in [0.4, 0.5) is 5.69 Å². The number of likely N-dealkylation sites (tertiary alicyclic amines) is 1. The molecule has 2 aliphatic rings. The first-order valence-corrected chi connectivity index (χ1v) is 9.89.